The molecule has 4 aliphatic carbocycles. The third-order valence-electron chi connectivity index (χ3n) is 7.41. The molecule has 4 heteroatoms. The fraction of sp³-hybridized carbons (Fsp3) is 0.520. The highest BCUT2D eigenvalue weighted by Crippen LogP contribution is 2.61. The standard InChI is InChI=1S/C25H29NO3/c1-16(24(28)26-22-8-4-6-20-5-2-3-7-21(20)22)29-23(27)15-25-12-17-9-18(13-25)11-19(10-17)14-25/h2-8,16-19H,9-15H2,1H3,(H,26,28)/t16-,17?,18?,19?,25?/m1/s1. The second-order valence-corrected chi connectivity index (χ2v) is 9.74. The summed E-state index contributed by atoms with van der Waals surface area (Å²) in [5.74, 6) is 1.93. The Balaban J connectivity index is 1.21. The van der Waals surface area contributed by atoms with Gasteiger partial charge in [-0.3, -0.25) is 9.59 Å². The molecule has 4 aliphatic rings. The Bertz CT molecular complexity index is 909. The molecular weight excluding hydrogens is 362 g/mol. The maximum atomic E-state index is 12.7. The Kier molecular flexibility index (Phi) is 4.60. The number of benzene rings is 2. The monoisotopic (exact) mass is 391 g/mol. The summed E-state index contributed by atoms with van der Waals surface area (Å²) >= 11 is 0. The Morgan fingerprint density at radius 1 is 1.00 bits per heavy atom. The van der Waals surface area contributed by atoms with Gasteiger partial charge in [-0.1, -0.05) is 36.4 Å². The second-order valence-electron chi connectivity index (χ2n) is 9.74. The van der Waals surface area contributed by atoms with Crippen molar-refractivity contribution in [1.82, 2.24) is 0 Å². The molecule has 0 spiro atoms. The van der Waals surface area contributed by atoms with Gasteiger partial charge in [0.05, 0.1) is 6.42 Å². The van der Waals surface area contributed by atoms with Crippen LogP contribution in [-0.2, 0) is 14.3 Å². The molecule has 0 heterocycles. The lowest BCUT2D eigenvalue weighted by Gasteiger charge is -2.56. The molecule has 4 fully saturated rings. The molecule has 0 saturated heterocycles. The molecule has 4 saturated carbocycles. The molecule has 4 nitrogen and oxygen atoms in total. The van der Waals surface area contributed by atoms with Gasteiger partial charge in [0.1, 0.15) is 0 Å². The molecule has 0 aliphatic heterocycles. The first-order chi connectivity index (χ1) is 14.0. The predicted octanol–water partition coefficient (Wildman–Crippen LogP) is 5.32. The molecule has 2 aromatic rings. The summed E-state index contributed by atoms with van der Waals surface area (Å²) in [4.78, 5) is 25.4. The highest BCUT2D eigenvalue weighted by molar-refractivity contribution is 6.03. The summed E-state index contributed by atoms with van der Waals surface area (Å²) in [7, 11) is 0. The van der Waals surface area contributed by atoms with E-state index in [9.17, 15) is 9.59 Å². The van der Waals surface area contributed by atoms with Gasteiger partial charge in [-0.05, 0) is 80.1 Å². The van der Waals surface area contributed by atoms with E-state index < -0.39 is 6.10 Å². The van der Waals surface area contributed by atoms with Crippen LogP contribution in [0.1, 0.15) is 51.9 Å². The maximum absolute atomic E-state index is 12.7. The van der Waals surface area contributed by atoms with Crippen molar-refractivity contribution >= 4 is 28.3 Å². The second kappa shape index (κ2) is 7.16. The topological polar surface area (TPSA) is 55.4 Å². The van der Waals surface area contributed by atoms with E-state index in [0.29, 0.717) is 6.42 Å². The van der Waals surface area contributed by atoms with Gasteiger partial charge in [0, 0.05) is 11.1 Å². The predicted molar refractivity (Wildman–Crippen MR) is 113 cm³/mol. The fourth-order valence-electron chi connectivity index (χ4n) is 6.67. The lowest BCUT2D eigenvalue weighted by Crippen LogP contribution is -2.47. The SMILES string of the molecule is C[C@@H](OC(=O)CC12CC3CC(CC(C3)C1)C2)C(=O)Nc1cccc2ccccc12. The Morgan fingerprint density at radius 2 is 1.62 bits per heavy atom. The van der Waals surface area contributed by atoms with Crippen LogP contribution < -0.4 is 5.32 Å². The van der Waals surface area contributed by atoms with E-state index in [0.717, 1.165) is 34.2 Å². The summed E-state index contributed by atoms with van der Waals surface area (Å²) < 4.78 is 5.58. The summed E-state index contributed by atoms with van der Waals surface area (Å²) in [6, 6.07) is 13.7. The minimum atomic E-state index is -0.796. The molecule has 0 unspecified atom stereocenters. The summed E-state index contributed by atoms with van der Waals surface area (Å²) in [5.41, 5.74) is 0.884. The van der Waals surface area contributed by atoms with E-state index >= 15 is 0 Å². The van der Waals surface area contributed by atoms with Crippen LogP contribution in [0.5, 0.6) is 0 Å². The van der Waals surface area contributed by atoms with Crippen molar-refractivity contribution in [2.45, 2.75) is 58.0 Å². The van der Waals surface area contributed by atoms with Gasteiger partial charge in [0.15, 0.2) is 6.10 Å². The molecule has 0 radical (unpaired) electrons. The molecule has 1 N–H and O–H groups in total. The molecule has 1 amide bonds. The first kappa shape index (κ1) is 18.7. The average Bonchev–Trinajstić information content (AvgIpc) is 2.66. The highest BCUT2D eigenvalue weighted by atomic mass is 16.5. The minimum absolute atomic E-state index is 0.137. The number of hydrogen-bond donors (Lipinski definition) is 1. The van der Waals surface area contributed by atoms with Crippen LogP contribution in [0.4, 0.5) is 5.69 Å². The third-order valence-corrected chi connectivity index (χ3v) is 7.41. The average molecular weight is 392 g/mol. The number of hydrogen-bond acceptors (Lipinski definition) is 3. The Hall–Kier alpha value is -2.36. The molecule has 2 aromatic carbocycles. The number of carbonyl (C=O) groups excluding carboxylic acids is 2. The summed E-state index contributed by atoms with van der Waals surface area (Å²) in [5, 5.41) is 4.98. The largest absolute Gasteiger partial charge is 0.453 e. The van der Waals surface area contributed by atoms with Crippen LogP contribution in [0.3, 0.4) is 0 Å². The molecule has 1 atom stereocenters. The lowest BCUT2D eigenvalue weighted by molar-refractivity contribution is -0.160. The first-order valence-corrected chi connectivity index (χ1v) is 11.0. The van der Waals surface area contributed by atoms with E-state index in [1.165, 1.54) is 38.5 Å². The van der Waals surface area contributed by atoms with Crippen LogP contribution >= 0.6 is 0 Å². The molecular formula is C25H29NO3. The number of rotatable bonds is 5. The van der Waals surface area contributed by atoms with Crippen molar-refractivity contribution in [3.05, 3.63) is 42.5 Å². The van der Waals surface area contributed by atoms with Crippen molar-refractivity contribution in [2.24, 2.45) is 23.2 Å². The number of fused-ring (bicyclic) bond motifs is 1. The number of amides is 1. The Labute approximate surface area is 172 Å². The van der Waals surface area contributed by atoms with Crippen LogP contribution in [0.25, 0.3) is 10.8 Å². The van der Waals surface area contributed by atoms with Crippen LogP contribution in [0, 0.1) is 23.2 Å². The number of esters is 1. The van der Waals surface area contributed by atoms with E-state index in [4.69, 9.17) is 4.74 Å². The van der Waals surface area contributed by atoms with Crippen molar-refractivity contribution in [3.8, 4) is 0 Å². The molecule has 29 heavy (non-hydrogen) atoms. The number of ether oxygens (including phenoxy) is 1. The van der Waals surface area contributed by atoms with Crippen LogP contribution in [-0.4, -0.2) is 18.0 Å². The summed E-state index contributed by atoms with van der Waals surface area (Å²) in [6.45, 7) is 1.66. The van der Waals surface area contributed by atoms with Crippen LogP contribution in [0.15, 0.2) is 42.5 Å². The van der Waals surface area contributed by atoms with Crippen molar-refractivity contribution < 1.29 is 14.3 Å². The first-order valence-electron chi connectivity index (χ1n) is 11.0. The fourth-order valence-corrected chi connectivity index (χ4v) is 6.67. The number of carbonyl (C=O) groups is 2. The van der Waals surface area contributed by atoms with Crippen LogP contribution in [0.2, 0.25) is 0 Å². The van der Waals surface area contributed by atoms with Crippen molar-refractivity contribution in [2.75, 3.05) is 5.32 Å². The van der Waals surface area contributed by atoms with Gasteiger partial charge in [0.25, 0.3) is 5.91 Å². The summed E-state index contributed by atoms with van der Waals surface area (Å²) in [6.07, 6.45) is 7.27. The normalized spacial score (nSPS) is 30.9. The van der Waals surface area contributed by atoms with E-state index in [1.807, 2.05) is 42.5 Å². The zero-order valence-electron chi connectivity index (χ0n) is 17.0. The highest BCUT2D eigenvalue weighted by Gasteiger charge is 2.51. The van der Waals surface area contributed by atoms with E-state index in [1.54, 1.807) is 6.92 Å². The molecule has 152 valence electrons. The molecule has 0 aromatic heterocycles. The van der Waals surface area contributed by atoms with Gasteiger partial charge < -0.3 is 10.1 Å². The third kappa shape index (κ3) is 3.65. The van der Waals surface area contributed by atoms with Gasteiger partial charge in [-0.2, -0.15) is 0 Å². The van der Waals surface area contributed by atoms with Crippen molar-refractivity contribution in [1.29, 1.82) is 0 Å². The maximum Gasteiger partial charge on any atom is 0.307 e. The zero-order valence-corrected chi connectivity index (χ0v) is 17.0. The van der Waals surface area contributed by atoms with Gasteiger partial charge in [-0.15, -0.1) is 0 Å². The van der Waals surface area contributed by atoms with Gasteiger partial charge in [-0.25, -0.2) is 0 Å². The van der Waals surface area contributed by atoms with Crippen molar-refractivity contribution in [3.63, 3.8) is 0 Å². The minimum Gasteiger partial charge on any atom is -0.453 e. The smallest absolute Gasteiger partial charge is 0.307 e. The lowest BCUT2D eigenvalue weighted by atomic mass is 9.49. The van der Waals surface area contributed by atoms with E-state index in [2.05, 4.69) is 5.32 Å². The quantitative estimate of drug-likeness (QED) is 0.702. The molecule has 6 rings (SSSR count). The number of nitrogens with one attached hydrogen (secondary N) is 1. The van der Waals surface area contributed by atoms with E-state index in [-0.39, 0.29) is 17.3 Å². The zero-order chi connectivity index (χ0) is 20.0. The van der Waals surface area contributed by atoms with Gasteiger partial charge in [0.2, 0.25) is 0 Å². The number of anilines is 1. The van der Waals surface area contributed by atoms with Gasteiger partial charge >= 0.3 is 5.97 Å². The molecule has 4 bridgehead atoms. The Morgan fingerprint density at radius 3 is 2.31 bits per heavy atom.